The first-order chi connectivity index (χ1) is 16.4. The van der Waals surface area contributed by atoms with Crippen molar-refractivity contribution < 1.29 is 9.53 Å². The second kappa shape index (κ2) is 10.4. The third-order valence-corrected chi connectivity index (χ3v) is 6.43. The highest BCUT2D eigenvalue weighted by molar-refractivity contribution is 7.13. The predicted molar refractivity (Wildman–Crippen MR) is 134 cm³/mol. The molecule has 2 heterocycles. The Bertz CT molecular complexity index is 1330. The Hall–Kier alpha value is -3.78. The number of methoxy groups -OCH3 is 1. The largest absolute Gasteiger partial charge is 0.497 e. The molecule has 4 aromatic rings. The van der Waals surface area contributed by atoms with Gasteiger partial charge in [0.1, 0.15) is 16.8 Å². The van der Waals surface area contributed by atoms with Crippen LogP contribution >= 0.6 is 11.3 Å². The van der Waals surface area contributed by atoms with E-state index in [0.717, 1.165) is 33.1 Å². The van der Waals surface area contributed by atoms with E-state index in [9.17, 15) is 9.59 Å². The fourth-order valence-electron chi connectivity index (χ4n) is 3.44. The molecule has 1 N–H and O–H groups in total. The van der Waals surface area contributed by atoms with Gasteiger partial charge >= 0.3 is 0 Å². The van der Waals surface area contributed by atoms with Crippen LogP contribution in [0.2, 0.25) is 0 Å². The maximum absolute atomic E-state index is 12.7. The minimum absolute atomic E-state index is 0.263. The number of aromatic nitrogens is 3. The van der Waals surface area contributed by atoms with Crippen molar-refractivity contribution in [3.05, 3.63) is 87.7 Å². The van der Waals surface area contributed by atoms with Gasteiger partial charge in [-0.25, -0.2) is 9.67 Å². The lowest BCUT2D eigenvalue weighted by atomic mass is 10.1. The Morgan fingerprint density at radius 2 is 1.76 bits per heavy atom. The molecule has 34 heavy (non-hydrogen) atoms. The second-order valence-electron chi connectivity index (χ2n) is 7.96. The van der Waals surface area contributed by atoms with Gasteiger partial charge in [-0.2, -0.15) is 5.10 Å². The van der Waals surface area contributed by atoms with Crippen LogP contribution < -0.4 is 15.6 Å². The van der Waals surface area contributed by atoms with E-state index in [0.29, 0.717) is 18.7 Å². The molecule has 1 atom stereocenters. The summed E-state index contributed by atoms with van der Waals surface area (Å²) in [5.41, 5.74) is 4.29. The quantitative estimate of drug-likeness (QED) is 0.412. The normalized spacial score (nSPS) is 11.7. The molecule has 2 aromatic carbocycles. The van der Waals surface area contributed by atoms with Crippen LogP contribution in [0, 0.1) is 6.92 Å². The van der Waals surface area contributed by atoms with Crippen LogP contribution in [0.4, 0.5) is 0 Å². The molecule has 0 saturated heterocycles. The van der Waals surface area contributed by atoms with Gasteiger partial charge in [0, 0.05) is 35.5 Å². The molecule has 2 aromatic heterocycles. The van der Waals surface area contributed by atoms with E-state index in [2.05, 4.69) is 15.4 Å². The van der Waals surface area contributed by atoms with Crippen molar-refractivity contribution >= 4 is 17.2 Å². The number of hydrogen-bond acceptors (Lipinski definition) is 6. The zero-order valence-electron chi connectivity index (χ0n) is 19.3. The average molecular weight is 475 g/mol. The fourth-order valence-corrected chi connectivity index (χ4v) is 4.30. The minimum atomic E-state index is -0.733. The van der Waals surface area contributed by atoms with Crippen molar-refractivity contribution in [2.75, 3.05) is 13.7 Å². The van der Waals surface area contributed by atoms with Crippen LogP contribution in [0.25, 0.3) is 21.8 Å². The van der Waals surface area contributed by atoms with E-state index >= 15 is 0 Å². The van der Waals surface area contributed by atoms with Crippen LogP contribution in [0.1, 0.15) is 24.2 Å². The molecule has 0 aliphatic heterocycles. The third kappa shape index (κ3) is 5.40. The van der Waals surface area contributed by atoms with E-state index < -0.39 is 6.04 Å². The molecule has 0 saturated carbocycles. The molecule has 0 spiro atoms. The molecule has 0 fully saturated rings. The second-order valence-corrected chi connectivity index (χ2v) is 8.82. The van der Waals surface area contributed by atoms with Crippen molar-refractivity contribution in [3.8, 4) is 27.6 Å². The lowest BCUT2D eigenvalue weighted by molar-refractivity contribution is -0.124. The van der Waals surface area contributed by atoms with Gasteiger partial charge in [0.05, 0.1) is 18.5 Å². The highest BCUT2D eigenvalue weighted by atomic mass is 32.1. The first-order valence-corrected chi connectivity index (χ1v) is 11.9. The third-order valence-electron chi connectivity index (χ3n) is 5.49. The Labute approximate surface area is 202 Å². The summed E-state index contributed by atoms with van der Waals surface area (Å²) in [5, 5.41) is 10.2. The van der Waals surface area contributed by atoms with E-state index in [1.165, 1.54) is 10.7 Å². The Balaban J connectivity index is 1.37. The number of nitrogens with one attached hydrogen (secondary N) is 1. The van der Waals surface area contributed by atoms with Crippen LogP contribution in [-0.2, 0) is 11.2 Å². The number of carbonyl (C=O) groups is 1. The zero-order valence-corrected chi connectivity index (χ0v) is 20.1. The van der Waals surface area contributed by atoms with Crippen molar-refractivity contribution in [1.29, 1.82) is 0 Å². The van der Waals surface area contributed by atoms with Crippen molar-refractivity contribution in [3.63, 3.8) is 0 Å². The molecule has 0 bridgehead atoms. The van der Waals surface area contributed by atoms with Gasteiger partial charge in [0.15, 0.2) is 0 Å². The van der Waals surface area contributed by atoms with E-state index in [4.69, 9.17) is 4.74 Å². The van der Waals surface area contributed by atoms with Crippen molar-refractivity contribution in [1.82, 2.24) is 20.1 Å². The number of hydrogen-bond donors (Lipinski definition) is 1. The topological polar surface area (TPSA) is 86.1 Å². The van der Waals surface area contributed by atoms with Crippen LogP contribution in [0.15, 0.2) is 70.8 Å². The van der Waals surface area contributed by atoms with E-state index in [1.807, 2.05) is 60.8 Å². The summed E-state index contributed by atoms with van der Waals surface area (Å²) in [6.07, 6.45) is 0.594. The summed E-state index contributed by atoms with van der Waals surface area (Å²) in [7, 11) is 1.64. The fraction of sp³-hybridized carbons (Fsp3) is 0.231. The molecule has 174 valence electrons. The SMILES string of the molecule is COc1ccc(-c2nc(CCNC(=O)C(C)n3nc(-c4ccc(C)cc4)ccc3=O)cs2)cc1. The van der Waals surface area contributed by atoms with Gasteiger partial charge < -0.3 is 10.1 Å². The van der Waals surface area contributed by atoms with E-state index in [1.54, 1.807) is 31.4 Å². The first kappa shape index (κ1) is 23.4. The van der Waals surface area contributed by atoms with Gasteiger partial charge in [-0.05, 0) is 44.2 Å². The molecule has 0 radical (unpaired) electrons. The maximum Gasteiger partial charge on any atom is 0.267 e. The van der Waals surface area contributed by atoms with Gasteiger partial charge in [0.2, 0.25) is 5.91 Å². The summed E-state index contributed by atoms with van der Waals surface area (Å²) >= 11 is 1.56. The van der Waals surface area contributed by atoms with Crippen molar-refractivity contribution in [2.24, 2.45) is 0 Å². The van der Waals surface area contributed by atoms with Crippen LogP contribution in [0.5, 0.6) is 5.75 Å². The highest BCUT2D eigenvalue weighted by Crippen LogP contribution is 2.25. The Kier molecular flexibility index (Phi) is 7.18. The molecule has 0 aliphatic rings. The van der Waals surface area contributed by atoms with Crippen LogP contribution in [-0.4, -0.2) is 34.3 Å². The number of rotatable bonds is 8. The Morgan fingerprint density at radius 1 is 1.06 bits per heavy atom. The molecular weight excluding hydrogens is 448 g/mol. The minimum Gasteiger partial charge on any atom is -0.497 e. The van der Waals surface area contributed by atoms with Crippen molar-refractivity contribution in [2.45, 2.75) is 26.3 Å². The molecule has 1 amide bonds. The lowest BCUT2D eigenvalue weighted by Crippen LogP contribution is -2.37. The molecule has 1 unspecified atom stereocenters. The number of benzene rings is 2. The van der Waals surface area contributed by atoms with Gasteiger partial charge in [0.25, 0.3) is 5.56 Å². The summed E-state index contributed by atoms with van der Waals surface area (Å²) in [4.78, 5) is 29.8. The number of ether oxygens (including phenoxy) is 1. The lowest BCUT2D eigenvalue weighted by Gasteiger charge is -2.15. The summed E-state index contributed by atoms with van der Waals surface area (Å²) in [5.74, 6) is 0.539. The maximum atomic E-state index is 12.7. The average Bonchev–Trinajstić information content (AvgIpc) is 3.33. The predicted octanol–water partition coefficient (Wildman–Crippen LogP) is 4.27. The van der Waals surface area contributed by atoms with Gasteiger partial charge in [-0.3, -0.25) is 9.59 Å². The number of carbonyl (C=O) groups excluding carboxylic acids is 1. The molecular formula is C26H26N4O3S. The summed E-state index contributed by atoms with van der Waals surface area (Å²) in [6, 6.07) is 18.0. The number of amides is 1. The standard InChI is InChI=1S/C26H26N4O3S/c1-17-4-6-19(7-5-17)23-12-13-24(31)30(29-23)18(2)25(32)27-15-14-21-16-34-26(28-21)20-8-10-22(33-3)11-9-20/h4-13,16,18H,14-15H2,1-3H3,(H,27,32). The zero-order chi connectivity index (χ0) is 24.1. The monoisotopic (exact) mass is 474 g/mol. The summed E-state index contributed by atoms with van der Waals surface area (Å²) < 4.78 is 6.43. The smallest absolute Gasteiger partial charge is 0.267 e. The van der Waals surface area contributed by atoms with Gasteiger partial charge in [-0.1, -0.05) is 29.8 Å². The molecule has 7 nitrogen and oxygen atoms in total. The number of thiazole rings is 1. The molecule has 4 rings (SSSR count). The molecule has 8 heteroatoms. The van der Waals surface area contributed by atoms with Gasteiger partial charge in [-0.15, -0.1) is 11.3 Å². The highest BCUT2D eigenvalue weighted by Gasteiger charge is 2.18. The number of nitrogens with zero attached hydrogens (tertiary/aromatic N) is 3. The van der Waals surface area contributed by atoms with E-state index in [-0.39, 0.29) is 11.5 Å². The molecule has 0 aliphatic carbocycles. The first-order valence-electron chi connectivity index (χ1n) is 11.0. The Morgan fingerprint density at radius 3 is 2.47 bits per heavy atom. The summed E-state index contributed by atoms with van der Waals surface area (Å²) in [6.45, 7) is 4.10. The number of aryl methyl sites for hydroxylation is 1. The van der Waals surface area contributed by atoms with Crippen LogP contribution in [0.3, 0.4) is 0 Å².